The number of hydrogen-bond acceptors (Lipinski definition) is 11. The van der Waals surface area contributed by atoms with Gasteiger partial charge < -0.3 is 10.1 Å². The van der Waals surface area contributed by atoms with Gasteiger partial charge in [-0.2, -0.15) is 13.2 Å². The lowest BCUT2D eigenvalue weighted by molar-refractivity contribution is -0.150. The number of nitrogens with one attached hydrogen (secondary N) is 1. The molecule has 2 fully saturated rings. The average Bonchev–Trinajstić information content (AvgIpc) is 3.90. The number of alkyl halides is 3. The van der Waals surface area contributed by atoms with Crippen molar-refractivity contribution in [3.8, 4) is 17.3 Å². The average molecular weight is 603 g/mol. The lowest BCUT2D eigenvalue weighted by Gasteiger charge is -2.15. The van der Waals surface area contributed by atoms with Crippen molar-refractivity contribution in [1.29, 1.82) is 0 Å². The number of aromatic nitrogens is 7. The molecule has 0 radical (unpaired) electrons. The Kier molecular flexibility index (Phi) is 6.82. The van der Waals surface area contributed by atoms with Gasteiger partial charge in [-0.05, 0) is 31.4 Å². The molecule has 2 saturated carbocycles. The highest BCUT2D eigenvalue weighted by atomic mass is 32.2. The number of nitrogens with zero attached hydrogens (tertiary/aromatic N) is 7. The molecule has 2 aliphatic carbocycles. The highest BCUT2D eigenvalue weighted by Gasteiger charge is 2.57. The van der Waals surface area contributed by atoms with Crippen LogP contribution in [0, 0.1) is 5.92 Å². The molecule has 4 heterocycles. The molecule has 0 aliphatic heterocycles. The van der Waals surface area contributed by atoms with Crippen LogP contribution in [0.5, 0.6) is 5.88 Å². The molecule has 12 nitrogen and oxygen atoms in total. The molecule has 0 bridgehead atoms. The Morgan fingerprint density at radius 1 is 1.10 bits per heavy atom. The van der Waals surface area contributed by atoms with Crippen molar-refractivity contribution in [3.63, 3.8) is 0 Å². The number of halogens is 3. The minimum absolute atomic E-state index is 0.0319. The minimum atomic E-state index is -4.50. The number of anilines is 1. The number of methoxy groups -OCH3 is 1. The van der Waals surface area contributed by atoms with Crippen LogP contribution >= 0.6 is 0 Å². The van der Waals surface area contributed by atoms with Gasteiger partial charge in [-0.1, -0.05) is 6.92 Å². The zero-order valence-electron chi connectivity index (χ0n) is 22.5. The molecule has 2 atom stereocenters. The predicted molar refractivity (Wildman–Crippen MR) is 144 cm³/mol. The number of hydrogen-bond donors (Lipinski definition) is 1. The summed E-state index contributed by atoms with van der Waals surface area (Å²) >= 11 is 0. The van der Waals surface area contributed by atoms with E-state index in [1.807, 2.05) is 0 Å². The third-order valence-corrected chi connectivity index (χ3v) is 9.06. The molecule has 16 heteroatoms. The van der Waals surface area contributed by atoms with Crippen molar-refractivity contribution in [2.45, 2.75) is 55.8 Å². The van der Waals surface area contributed by atoms with Crippen LogP contribution in [0.2, 0.25) is 0 Å². The maximum Gasteiger partial charge on any atom is 0.393 e. The van der Waals surface area contributed by atoms with Crippen molar-refractivity contribution in [1.82, 2.24) is 34.5 Å². The van der Waals surface area contributed by atoms with Crippen LogP contribution in [-0.2, 0) is 16.4 Å². The van der Waals surface area contributed by atoms with Crippen LogP contribution in [0.15, 0.2) is 40.5 Å². The third-order valence-electron chi connectivity index (χ3n) is 7.34. The molecule has 4 aromatic heterocycles. The smallest absolute Gasteiger partial charge is 0.393 e. The summed E-state index contributed by atoms with van der Waals surface area (Å²) in [7, 11) is -2.01. The first-order valence-corrected chi connectivity index (χ1v) is 14.8. The molecular formula is C26H25F3N8O4S. The van der Waals surface area contributed by atoms with Crippen molar-refractivity contribution in [2.75, 3.05) is 18.2 Å². The molecule has 220 valence electrons. The minimum Gasteiger partial charge on any atom is -0.480 e. The van der Waals surface area contributed by atoms with E-state index in [0.717, 1.165) is 17.4 Å². The maximum atomic E-state index is 13.6. The highest BCUT2D eigenvalue weighted by molar-refractivity contribution is 7.91. The van der Waals surface area contributed by atoms with E-state index in [0.29, 0.717) is 17.0 Å². The summed E-state index contributed by atoms with van der Waals surface area (Å²) < 4.78 is 71.5. The summed E-state index contributed by atoms with van der Waals surface area (Å²) in [6.07, 6.45) is 0.968. The molecule has 4 aromatic rings. The lowest BCUT2D eigenvalue weighted by atomic mass is 10.1. The Bertz CT molecular complexity index is 1840. The molecule has 0 amide bonds. The first-order chi connectivity index (χ1) is 20.0. The molecular weight excluding hydrogens is 577 g/mol. The quantitative estimate of drug-likeness (QED) is 0.299. The van der Waals surface area contributed by atoms with Gasteiger partial charge in [-0.25, -0.2) is 33.3 Å². The number of ether oxygens (including phenoxy) is 1. The second-order valence-electron chi connectivity index (χ2n) is 10.1. The highest BCUT2D eigenvalue weighted by Crippen LogP contribution is 2.53. The van der Waals surface area contributed by atoms with E-state index in [9.17, 15) is 26.4 Å². The van der Waals surface area contributed by atoms with Crippen LogP contribution in [0.4, 0.5) is 19.0 Å². The molecule has 0 aromatic carbocycles. The van der Waals surface area contributed by atoms with Crippen molar-refractivity contribution in [3.05, 3.63) is 52.6 Å². The Hall–Kier alpha value is -4.21. The fraction of sp³-hybridized carbons (Fsp3) is 0.423. The molecule has 0 saturated heterocycles. The third kappa shape index (κ3) is 5.14. The van der Waals surface area contributed by atoms with Crippen molar-refractivity contribution in [2.24, 2.45) is 5.92 Å². The molecule has 2 aliphatic rings. The largest absolute Gasteiger partial charge is 0.480 e. The second-order valence-corrected chi connectivity index (χ2v) is 12.4. The second kappa shape index (κ2) is 10.3. The molecule has 2 unspecified atom stereocenters. The summed E-state index contributed by atoms with van der Waals surface area (Å²) in [6.45, 7) is 1.49. The fourth-order valence-corrected chi connectivity index (χ4v) is 5.64. The van der Waals surface area contributed by atoms with E-state index in [-0.39, 0.29) is 58.2 Å². The standard InChI is InChI=1S/C26H25F3N8O4S/c1-3-42(39,40)15-7-6-14(30-10-15)9-31-22-25(38)37(18-8-16(18)26(27,28)29)23-17(35-22)11-32-21(36-23)19-20(13-4-5-13)33-12-34-24(19)41-2/h6-7,10-13,16,18H,3-5,8-9H2,1-2H3,(H,31,35). The van der Waals surface area contributed by atoms with Gasteiger partial charge in [0.15, 0.2) is 27.1 Å². The Labute approximate surface area is 237 Å². The molecule has 6 rings (SSSR count). The van der Waals surface area contributed by atoms with Gasteiger partial charge in [-0.15, -0.1) is 0 Å². The van der Waals surface area contributed by atoms with Crippen LogP contribution in [0.1, 0.15) is 49.5 Å². The normalized spacial score (nSPS) is 18.7. The number of rotatable bonds is 9. The molecule has 42 heavy (non-hydrogen) atoms. The number of sulfone groups is 1. The number of fused-ring (bicyclic) bond motifs is 1. The topological polar surface area (TPSA) is 155 Å². The van der Waals surface area contributed by atoms with Gasteiger partial charge in [0, 0.05) is 12.1 Å². The summed E-state index contributed by atoms with van der Waals surface area (Å²) in [4.78, 5) is 39.6. The van der Waals surface area contributed by atoms with Crippen molar-refractivity contribution < 1.29 is 26.3 Å². The summed E-state index contributed by atoms with van der Waals surface area (Å²) in [6, 6.07) is 1.72. The zero-order chi connectivity index (χ0) is 29.8. The fourth-order valence-electron chi connectivity index (χ4n) is 4.82. The van der Waals surface area contributed by atoms with Crippen LogP contribution in [-0.4, -0.2) is 61.9 Å². The van der Waals surface area contributed by atoms with Gasteiger partial charge in [-0.3, -0.25) is 14.3 Å². The summed E-state index contributed by atoms with van der Waals surface area (Å²) in [5.74, 6) is -1.51. The Balaban J connectivity index is 1.41. The van der Waals surface area contributed by atoms with E-state index in [4.69, 9.17) is 4.74 Å². The van der Waals surface area contributed by atoms with Gasteiger partial charge >= 0.3 is 6.18 Å². The lowest BCUT2D eigenvalue weighted by Crippen LogP contribution is -2.27. The van der Waals surface area contributed by atoms with Gasteiger partial charge in [0.05, 0.1) is 53.8 Å². The van der Waals surface area contributed by atoms with E-state index < -0.39 is 33.5 Å². The monoisotopic (exact) mass is 602 g/mol. The summed E-state index contributed by atoms with van der Waals surface area (Å²) in [5, 5.41) is 2.83. The summed E-state index contributed by atoms with van der Waals surface area (Å²) in [5.41, 5.74) is 0.766. The zero-order valence-corrected chi connectivity index (χ0v) is 23.3. The van der Waals surface area contributed by atoms with Crippen molar-refractivity contribution >= 4 is 26.8 Å². The molecule has 1 N–H and O–H groups in total. The first-order valence-electron chi connectivity index (χ1n) is 13.2. The van der Waals surface area contributed by atoms with E-state index in [2.05, 4.69) is 35.2 Å². The van der Waals surface area contributed by atoms with Gasteiger partial charge in [0.1, 0.15) is 17.4 Å². The Morgan fingerprint density at radius 3 is 2.50 bits per heavy atom. The first kappa shape index (κ1) is 27.9. The predicted octanol–water partition coefficient (Wildman–Crippen LogP) is 3.45. The molecule has 0 spiro atoms. The van der Waals surface area contributed by atoms with Gasteiger partial charge in [0.25, 0.3) is 5.56 Å². The van der Waals surface area contributed by atoms with Crippen LogP contribution in [0.25, 0.3) is 22.6 Å². The number of pyridine rings is 1. The van der Waals surface area contributed by atoms with E-state index in [1.165, 1.54) is 44.9 Å². The van der Waals surface area contributed by atoms with E-state index >= 15 is 0 Å². The van der Waals surface area contributed by atoms with Gasteiger partial charge in [0.2, 0.25) is 5.88 Å². The van der Waals surface area contributed by atoms with Crippen LogP contribution < -0.4 is 15.6 Å². The van der Waals surface area contributed by atoms with Crippen LogP contribution in [0.3, 0.4) is 0 Å². The SMILES string of the molecule is CCS(=O)(=O)c1ccc(CNc2nc3cnc(-c4c(OC)ncnc4C4CC4)nc3n(C3CC3C(F)(F)F)c2=O)nc1. The maximum absolute atomic E-state index is 13.6. The van der Waals surface area contributed by atoms with E-state index in [1.54, 1.807) is 0 Å². The Morgan fingerprint density at radius 2 is 1.88 bits per heavy atom.